The van der Waals surface area contributed by atoms with Gasteiger partial charge in [-0.3, -0.25) is 9.52 Å². The number of hydrogen-bond donors (Lipinski definition) is 4. The van der Waals surface area contributed by atoms with Crippen LogP contribution in [0.15, 0.2) is 102 Å². The van der Waals surface area contributed by atoms with E-state index in [4.69, 9.17) is 9.90 Å². The van der Waals surface area contributed by atoms with E-state index in [-0.39, 0.29) is 17.7 Å². The molecule has 1 amide bonds. The molecule has 4 aromatic carbocycles. The molecule has 1 fully saturated rings. The second-order valence-corrected chi connectivity index (χ2v) is 15.0. The zero-order chi connectivity index (χ0) is 38.1. The first kappa shape index (κ1) is 38.0. The molecule has 0 radical (unpaired) electrons. The molecular formula is C33H26F6N4O7S2. The fourth-order valence-corrected chi connectivity index (χ4v) is 7.85. The molecule has 19 heteroatoms. The summed E-state index contributed by atoms with van der Waals surface area (Å²) in [6.07, 6.45) is -9.58. The molecule has 1 aromatic heterocycles. The van der Waals surface area contributed by atoms with Crippen molar-refractivity contribution in [2.75, 3.05) is 0 Å². The van der Waals surface area contributed by atoms with Crippen LogP contribution in [0.1, 0.15) is 40.2 Å². The van der Waals surface area contributed by atoms with Crippen molar-refractivity contribution in [3.8, 4) is 11.1 Å². The van der Waals surface area contributed by atoms with Gasteiger partial charge in [-0.15, -0.1) is 0 Å². The Kier molecular flexibility index (Phi) is 10.5. The second-order valence-electron chi connectivity index (χ2n) is 11.4. The quantitative estimate of drug-likeness (QED) is 0.138. The van der Waals surface area contributed by atoms with E-state index in [9.17, 15) is 48.0 Å². The average molecular weight is 769 g/mol. The number of amides is 1. The highest BCUT2D eigenvalue weighted by Gasteiger charge is 2.39. The lowest BCUT2D eigenvalue weighted by Crippen LogP contribution is -2.31. The number of imidazole rings is 1. The summed E-state index contributed by atoms with van der Waals surface area (Å²) in [5.41, 5.74) is 2.71. The van der Waals surface area contributed by atoms with Gasteiger partial charge in [-0.1, -0.05) is 60.7 Å². The number of nitrogens with zero attached hydrogens (tertiary/aromatic N) is 1. The van der Waals surface area contributed by atoms with Gasteiger partial charge in [0, 0.05) is 0 Å². The van der Waals surface area contributed by atoms with Crippen molar-refractivity contribution in [3.05, 3.63) is 120 Å². The number of H-pyrrole nitrogens is 1. The summed E-state index contributed by atoms with van der Waals surface area (Å²) < 4.78 is 127. The Morgan fingerprint density at radius 1 is 0.885 bits per heavy atom. The van der Waals surface area contributed by atoms with Gasteiger partial charge in [-0.25, -0.2) is 31.3 Å². The first-order chi connectivity index (χ1) is 24.2. The number of halogens is 6. The van der Waals surface area contributed by atoms with Crippen LogP contribution in [0.5, 0.6) is 0 Å². The molecule has 4 N–H and O–H groups in total. The van der Waals surface area contributed by atoms with Crippen LogP contribution in [0.3, 0.4) is 0 Å². The second kappa shape index (κ2) is 14.4. The minimum atomic E-state index is -5.08. The van der Waals surface area contributed by atoms with E-state index in [2.05, 4.69) is 14.7 Å². The van der Waals surface area contributed by atoms with Crippen molar-refractivity contribution in [2.24, 2.45) is 0 Å². The molecule has 0 saturated carbocycles. The lowest BCUT2D eigenvalue weighted by Gasteiger charge is -2.18. The van der Waals surface area contributed by atoms with Crippen LogP contribution < -0.4 is 9.44 Å². The maximum absolute atomic E-state index is 13.6. The monoisotopic (exact) mass is 768 g/mol. The van der Waals surface area contributed by atoms with Crippen molar-refractivity contribution in [1.29, 1.82) is 0 Å². The Hall–Kier alpha value is -5.27. The summed E-state index contributed by atoms with van der Waals surface area (Å²) in [4.78, 5) is 28.3. The normalized spacial score (nSPS) is 16.5. The minimum Gasteiger partial charge on any atom is -0.475 e. The van der Waals surface area contributed by atoms with Gasteiger partial charge >= 0.3 is 18.3 Å². The fraction of sp³-hybridized carbons (Fsp3) is 0.182. The van der Waals surface area contributed by atoms with E-state index < -0.39 is 61.1 Å². The largest absolute Gasteiger partial charge is 0.490 e. The molecule has 5 aromatic rings. The standard InChI is InChI=1S/C31H25F3N4O5S2.C2HF3O2/c32-31(33,34)23-13-9-20(10-14-23)21-11-15-24(16-12-21)44(40,41)37-27(30-35-25-3-1-2-4-26(25)36-30)17-19-5-7-22(8-6-19)28-18-29(39)38-45(28,42)43;3-2(4,5)1(6)7/h1-16,27-28,37H,17-18H2,(H,35,36)(H,38,39);(H,6,7). The SMILES string of the molecule is O=C(O)C(F)(F)F.O=C1CC(c2ccc(CC(NS(=O)(=O)c3ccc(-c4ccc(C(F)(F)F)cc4)cc3)c3nc4ccccc4[nH]3)cc2)S(=O)(=O)N1. The zero-order valence-electron chi connectivity index (χ0n) is 26.2. The molecule has 274 valence electrons. The molecule has 1 aliphatic rings. The van der Waals surface area contributed by atoms with Crippen LogP contribution in [0.25, 0.3) is 22.2 Å². The third-order valence-electron chi connectivity index (χ3n) is 7.78. The summed E-state index contributed by atoms with van der Waals surface area (Å²) in [5, 5.41) is 6.12. The number of aromatic amines is 1. The molecule has 2 heterocycles. The minimum absolute atomic E-state index is 0.0572. The first-order valence-electron chi connectivity index (χ1n) is 14.9. The van der Waals surface area contributed by atoms with Crippen LogP contribution in [0, 0.1) is 0 Å². The van der Waals surface area contributed by atoms with Crippen molar-refractivity contribution in [3.63, 3.8) is 0 Å². The van der Waals surface area contributed by atoms with Crippen LogP contribution in [0.4, 0.5) is 26.3 Å². The highest BCUT2D eigenvalue weighted by atomic mass is 32.2. The number of sulfonamides is 2. The van der Waals surface area contributed by atoms with E-state index in [0.29, 0.717) is 39.1 Å². The van der Waals surface area contributed by atoms with Crippen LogP contribution >= 0.6 is 0 Å². The van der Waals surface area contributed by atoms with Gasteiger partial charge in [0.25, 0.3) is 0 Å². The maximum atomic E-state index is 13.6. The van der Waals surface area contributed by atoms with Gasteiger partial charge in [-0.05, 0) is 65.1 Å². The lowest BCUT2D eigenvalue weighted by atomic mass is 10.0. The van der Waals surface area contributed by atoms with Gasteiger partial charge in [0.15, 0.2) is 0 Å². The third-order valence-corrected chi connectivity index (χ3v) is 11.0. The highest BCUT2D eigenvalue weighted by molar-refractivity contribution is 7.90. The number of benzene rings is 4. The molecule has 1 saturated heterocycles. The molecule has 1 aliphatic heterocycles. The number of carbonyl (C=O) groups excluding carboxylic acids is 1. The van der Waals surface area contributed by atoms with E-state index in [1.165, 1.54) is 36.4 Å². The summed E-state index contributed by atoms with van der Waals surface area (Å²) in [5.74, 6) is -2.97. The third kappa shape index (κ3) is 8.96. The van der Waals surface area contributed by atoms with E-state index in [1.54, 1.807) is 36.4 Å². The molecule has 2 unspecified atom stereocenters. The Morgan fingerprint density at radius 3 is 1.94 bits per heavy atom. The van der Waals surface area contributed by atoms with Crippen LogP contribution in [-0.4, -0.2) is 50.0 Å². The van der Waals surface area contributed by atoms with Gasteiger partial charge in [-0.2, -0.15) is 26.3 Å². The van der Waals surface area contributed by atoms with Gasteiger partial charge < -0.3 is 10.1 Å². The first-order valence-corrected chi connectivity index (χ1v) is 17.9. The average Bonchev–Trinajstić information content (AvgIpc) is 3.63. The number of fused-ring (bicyclic) bond motifs is 1. The molecule has 11 nitrogen and oxygen atoms in total. The smallest absolute Gasteiger partial charge is 0.475 e. The number of nitrogens with one attached hydrogen (secondary N) is 3. The van der Waals surface area contributed by atoms with Crippen molar-refractivity contribution >= 4 is 43.0 Å². The summed E-state index contributed by atoms with van der Waals surface area (Å²) in [7, 11) is -7.93. The summed E-state index contributed by atoms with van der Waals surface area (Å²) in [6.45, 7) is 0. The van der Waals surface area contributed by atoms with E-state index >= 15 is 0 Å². The Labute approximate surface area is 291 Å². The summed E-state index contributed by atoms with van der Waals surface area (Å²) >= 11 is 0. The molecule has 2 atom stereocenters. The van der Waals surface area contributed by atoms with E-state index in [0.717, 1.165) is 12.1 Å². The lowest BCUT2D eigenvalue weighted by molar-refractivity contribution is -0.192. The predicted octanol–water partition coefficient (Wildman–Crippen LogP) is 6.04. The maximum Gasteiger partial charge on any atom is 0.490 e. The molecule has 0 spiro atoms. The fourth-order valence-electron chi connectivity index (χ4n) is 5.22. The van der Waals surface area contributed by atoms with E-state index in [1.807, 2.05) is 16.9 Å². The van der Waals surface area contributed by atoms with Crippen molar-refractivity contribution < 1.29 is 57.9 Å². The number of carboxylic acid groups (broad SMARTS) is 1. The molecule has 0 bridgehead atoms. The topological polar surface area (TPSA) is 175 Å². The molecule has 6 rings (SSSR count). The van der Waals surface area contributed by atoms with Gasteiger partial charge in [0.1, 0.15) is 11.1 Å². The number of hydrogen-bond acceptors (Lipinski definition) is 7. The number of aromatic nitrogens is 2. The molecular weight excluding hydrogens is 743 g/mol. The number of carboxylic acids is 1. The van der Waals surface area contributed by atoms with Crippen LogP contribution in [-0.2, 0) is 42.2 Å². The van der Waals surface area contributed by atoms with Crippen molar-refractivity contribution in [2.45, 2.75) is 41.4 Å². The Balaban J connectivity index is 0.000000679. The molecule has 52 heavy (non-hydrogen) atoms. The van der Waals surface area contributed by atoms with Crippen molar-refractivity contribution in [1.82, 2.24) is 19.4 Å². The highest BCUT2D eigenvalue weighted by Crippen LogP contribution is 2.33. The number of aliphatic carboxylic acids is 1. The Morgan fingerprint density at radius 2 is 1.44 bits per heavy atom. The predicted molar refractivity (Wildman–Crippen MR) is 174 cm³/mol. The van der Waals surface area contributed by atoms with Crippen LogP contribution in [0.2, 0.25) is 0 Å². The zero-order valence-corrected chi connectivity index (χ0v) is 27.9. The number of carbonyl (C=O) groups is 2. The Bertz CT molecular complexity index is 2280. The van der Waals surface area contributed by atoms with Gasteiger partial charge in [0.05, 0.1) is 34.0 Å². The van der Waals surface area contributed by atoms with Gasteiger partial charge in [0.2, 0.25) is 26.0 Å². The molecule has 0 aliphatic carbocycles. The summed E-state index contributed by atoms with van der Waals surface area (Å²) in [6, 6.07) is 23.3. The number of alkyl halides is 6. The number of para-hydroxylation sites is 2. The number of rotatable bonds is 8.